The fourth-order valence-electron chi connectivity index (χ4n) is 2.11. The molecule has 9 heteroatoms. The first-order valence-corrected chi connectivity index (χ1v) is 7.75. The summed E-state index contributed by atoms with van der Waals surface area (Å²) in [6.07, 6.45) is 0. The zero-order valence-corrected chi connectivity index (χ0v) is 14.1. The Bertz CT molecular complexity index is 848. The molecule has 128 valence electrons. The van der Waals surface area contributed by atoms with Gasteiger partial charge in [-0.25, -0.2) is 4.79 Å². The van der Waals surface area contributed by atoms with Gasteiger partial charge in [0.2, 0.25) is 0 Å². The van der Waals surface area contributed by atoms with Crippen molar-refractivity contribution in [2.24, 2.45) is 0 Å². The highest BCUT2D eigenvalue weighted by Crippen LogP contribution is 2.15. The summed E-state index contributed by atoms with van der Waals surface area (Å²) in [7, 11) is 1.58. The lowest BCUT2D eigenvalue weighted by atomic mass is 10.3. The molecule has 0 unspecified atom stereocenters. The van der Waals surface area contributed by atoms with Crippen LogP contribution in [-0.2, 0) is 6.54 Å². The number of methoxy groups -OCH3 is 1. The van der Waals surface area contributed by atoms with Gasteiger partial charge in [0.05, 0.1) is 19.3 Å². The van der Waals surface area contributed by atoms with E-state index in [1.807, 2.05) is 0 Å². The van der Waals surface area contributed by atoms with Crippen LogP contribution in [0.3, 0.4) is 0 Å². The monoisotopic (exact) mass is 358 g/mol. The van der Waals surface area contributed by atoms with Crippen LogP contribution in [0.1, 0.15) is 5.82 Å². The molecule has 0 atom stereocenters. The molecule has 3 aromatic rings. The second-order valence-electron chi connectivity index (χ2n) is 5.02. The van der Waals surface area contributed by atoms with E-state index in [1.165, 1.54) is 4.68 Å². The number of rotatable bonds is 5. The number of carbonyl (C=O) groups excluding carboxylic acids is 1. The van der Waals surface area contributed by atoms with Gasteiger partial charge in [-0.05, 0) is 59.0 Å². The molecule has 0 aliphatic heterocycles. The number of carbonyl (C=O) groups is 1. The molecule has 0 aliphatic rings. The van der Waals surface area contributed by atoms with Crippen LogP contribution in [0.2, 0.25) is 5.02 Å². The number of aromatic nitrogens is 4. The average Bonchev–Trinajstić information content (AvgIpc) is 3.10. The van der Waals surface area contributed by atoms with Gasteiger partial charge in [0, 0.05) is 10.7 Å². The smallest absolute Gasteiger partial charge is 0.319 e. The fourth-order valence-corrected chi connectivity index (χ4v) is 2.23. The standard InChI is InChI=1S/C16H15ClN6O2/c1-25-14-8-4-12(5-9-14)19-16(24)18-10-15-20-21-22-23(15)13-6-2-11(17)3-7-13/h2-9H,10H2,1H3,(H2,18,19,24). The number of hydrogen-bond donors (Lipinski definition) is 2. The predicted octanol–water partition coefficient (Wildman–Crippen LogP) is 2.65. The molecular weight excluding hydrogens is 344 g/mol. The third kappa shape index (κ3) is 4.24. The first kappa shape index (κ1) is 16.7. The molecule has 1 heterocycles. The lowest BCUT2D eigenvalue weighted by Gasteiger charge is -2.08. The predicted molar refractivity (Wildman–Crippen MR) is 93.0 cm³/mol. The van der Waals surface area contributed by atoms with E-state index in [2.05, 4.69) is 26.2 Å². The van der Waals surface area contributed by atoms with E-state index in [1.54, 1.807) is 55.6 Å². The van der Waals surface area contributed by atoms with Crippen LogP contribution < -0.4 is 15.4 Å². The van der Waals surface area contributed by atoms with Gasteiger partial charge in [-0.1, -0.05) is 11.6 Å². The Balaban J connectivity index is 1.61. The van der Waals surface area contributed by atoms with Gasteiger partial charge in [0.15, 0.2) is 5.82 Å². The quantitative estimate of drug-likeness (QED) is 0.731. The van der Waals surface area contributed by atoms with Gasteiger partial charge in [-0.3, -0.25) is 0 Å². The van der Waals surface area contributed by atoms with Crippen LogP contribution in [0.15, 0.2) is 48.5 Å². The number of benzene rings is 2. The molecule has 0 radical (unpaired) electrons. The van der Waals surface area contributed by atoms with Crippen molar-refractivity contribution in [1.29, 1.82) is 0 Å². The second kappa shape index (κ2) is 7.63. The zero-order chi connectivity index (χ0) is 17.6. The Morgan fingerprint density at radius 1 is 1.16 bits per heavy atom. The maximum Gasteiger partial charge on any atom is 0.319 e. The molecule has 2 aromatic carbocycles. The summed E-state index contributed by atoms with van der Waals surface area (Å²) >= 11 is 5.88. The van der Waals surface area contributed by atoms with Crippen LogP contribution in [0.5, 0.6) is 5.75 Å². The van der Waals surface area contributed by atoms with Crippen molar-refractivity contribution in [2.45, 2.75) is 6.54 Å². The molecule has 2 N–H and O–H groups in total. The SMILES string of the molecule is COc1ccc(NC(=O)NCc2nnnn2-c2ccc(Cl)cc2)cc1. The van der Waals surface area contributed by atoms with Gasteiger partial charge < -0.3 is 15.4 Å². The van der Waals surface area contributed by atoms with Crippen LogP contribution in [0.4, 0.5) is 10.5 Å². The highest BCUT2D eigenvalue weighted by atomic mass is 35.5. The molecule has 8 nitrogen and oxygen atoms in total. The molecule has 0 spiro atoms. The van der Waals surface area contributed by atoms with Gasteiger partial charge in [0.1, 0.15) is 5.75 Å². The molecule has 0 aliphatic carbocycles. The Labute approximate surface area is 148 Å². The number of halogens is 1. The molecule has 0 bridgehead atoms. The highest BCUT2D eigenvalue weighted by molar-refractivity contribution is 6.30. The third-order valence-electron chi connectivity index (χ3n) is 3.36. The number of urea groups is 1. The van der Waals surface area contributed by atoms with Crippen molar-refractivity contribution >= 4 is 23.3 Å². The largest absolute Gasteiger partial charge is 0.497 e. The van der Waals surface area contributed by atoms with Gasteiger partial charge in [-0.2, -0.15) is 4.68 Å². The minimum absolute atomic E-state index is 0.164. The lowest BCUT2D eigenvalue weighted by molar-refractivity contribution is 0.251. The zero-order valence-electron chi connectivity index (χ0n) is 13.3. The molecule has 1 aromatic heterocycles. The minimum atomic E-state index is -0.365. The summed E-state index contributed by atoms with van der Waals surface area (Å²) in [6, 6.07) is 13.7. The van der Waals surface area contributed by atoms with Crippen molar-refractivity contribution in [3.63, 3.8) is 0 Å². The molecule has 0 saturated heterocycles. The summed E-state index contributed by atoms with van der Waals surface area (Å²) in [5, 5.41) is 17.6. The summed E-state index contributed by atoms with van der Waals surface area (Å²) < 4.78 is 6.60. The van der Waals surface area contributed by atoms with Gasteiger partial charge >= 0.3 is 6.03 Å². The molecule has 25 heavy (non-hydrogen) atoms. The molecule has 0 saturated carbocycles. The van der Waals surface area contributed by atoms with Crippen molar-refractivity contribution in [1.82, 2.24) is 25.5 Å². The van der Waals surface area contributed by atoms with E-state index >= 15 is 0 Å². The van der Waals surface area contributed by atoms with Crippen LogP contribution >= 0.6 is 11.6 Å². The number of nitrogens with zero attached hydrogens (tertiary/aromatic N) is 4. The Kier molecular flexibility index (Phi) is 5.10. The summed E-state index contributed by atoms with van der Waals surface area (Å²) in [5.74, 6) is 1.21. The maximum atomic E-state index is 12.0. The fraction of sp³-hybridized carbons (Fsp3) is 0.125. The number of tetrazole rings is 1. The Morgan fingerprint density at radius 3 is 2.56 bits per heavy atom. The van der Waals surface area contributed by atoms with E-state index in [-0.39, 0.29) is 12.6 Å². The minimum Gasteiger partial charge on any atom is -0.497 e. The summed E-state index contributed by atoms with van der Waals surface area (Å²) in [4.78, 5) is 12.0. The van der Waals surface area contributed by atoms with Crippen LogP contribution in [-0.4, -0.2) is 33.3 Å². The molecule has 2 amide bonds. The van der Waals surface area contributed by atoms with Crippen molar-refractivity contribution in [2.75, 3.05) is 12.4 Å². The number of anilines is 1. The van der Waals surface area contributed by atoms with Crippen LogP contribution in [0, 0.1) is 0 Å². The van der Waals surface area contributed by atoms with Crippen LogP contribution in [0.25, 0.3) is 5.69 Å². The van der Waals surface area contributed by atoms with Crippen molar-refractivity contribution < 1.29 is 9.53 Å². The van der Waals surface area contributed by atoms with Crippen molar-refractivity contribution in [3.05, 3.63) is 59.4 Å². The van der Waals surface area contributed by atoms with E-state index in [0.29, 0.717) is 22.3 Å². The number of ether oxygens (including phenoxy) is 1. The number of nitrogens with one attached hydrogen (secondary N) is 2. The molecular formula is C16H15ClN6O2. The molecule has 0 fully saturated rings. The van der Waals surface area contributed by atoms with E-state index in [9.17, 15) is 4.79 Å². The lowest BCUT2D eigenvalue weighted by Crippen LogP contribution is -2.29. The van der Waals surface area contributed by atoms with E-state index in [4.69, 9.17) is 16.3 Å². The number of hydrogen-bond acceptors (Lipinski definition) is 5. The summed E-state index contributed by atoms with van der Waals surface area (Å²) in [5.41, 5.74) is 1.40. The highest BCUT2D eigenvalue weighted by Gasteiger charge is 2.10. The second-order valence-corrected chi connectivity index (χ2v) is 5.46. The topological polar surface area (TPSA) is 94.0 Å². The van der Waals surface area contributed by atoms with E-state index < -0.39 is 0 Å². The Morgan fingerprint density at radius 2 is 1.88 bits per heavy atom. The first-order chi connectivity index (χ1) is 12.2. The third-order valence-corrected chi connectivity index (χ3v) is 3.61. The van der Waals surface area contributed by atoms with E-state index in [0.717, 1.165) is 5.69 Å². The maximum absolute atomic E-state index is 12.0. The Hall–Kier alpha value is -3.13. The normalized spacial score (nSPS) is 10.3. The average molecular weight is 359 g/mol. The summed E-state index contributed by atoms with van der Waals surface area (Å²) in [6.45, 7) is 0.164. The van der Waals surface area contributed by atoms with Gasteiger partial charge in [0.25, 0.3) is 0 Å². The van der Waals surface area contributed by atoms with Gasteiger partial charge in [-0.15, -0.1) is 5.10 Å². The number of amides is 2. The first-order valence-electron chi connectivity index (χ1n) is 7.38. The van der Waals surface area contributed by atoms with Crippen molar-refractivity contribution in [3.8, 4) is 11.4 Å². The molecule has 3 rings (SSSR count).